The molecule has 1 aliphatic rings. The lowest BCUT2D eigenvalue weighted by atomic mass is 9.96. The van der Waals surface area contributed by atoms with E-state index in [1.807, 2.05) is 6.07 Å². The molecular formula is C12H11ClN2O2. The first-order chi connectivity index (χ1) is 8.09. The Kier molecular flexibility index (Phi) is 3.24. The Morgan fingerprint density at radius 3 is 2.47 bits per heavy atom. The monoisotopic (exact) mass is 250 g/mol. The van der Waals surface area contributed by atoms with Crippen LogP contribution in [0.15, 0.2) is 35.3 Å². The summed E-state index contributed by atoms with van der Waals surface area (Å²) < 4.78 is 0. The van der Waals surface area contributed by atoms with E-state index in [1.54, 1.807) is 31.2 Å². The van der Waals surface area contributed by atoms with Crippen LogP contribution in [0.3, 0.4) is 0 Å². The van der Waals surface area contributed by atoms with Crippen molar-refractivity contribution in [3.05, 3.63) is 35.9 Å². The van der Waals surface area contributed by atoms with Crippen molar-refractivity contribution in [2.75, 3.05) is 0 Å². The van der Waals surface area contributed by atoms with Crippen LogP contribution in [0.1, 0.15) is 18.4 Å². The number of nitrogens with zero attached hydrogens (tertiary/aromatic N) is 1. The van der Waals surface area contributed by atoms with Gasteiger partial charge in [0.05, 0.1) is 5.38 Å². The van der Waals surface area contributed by atoms with Crippen molar-refractivity contribution in [2.24, 2.45) is 4.99 Å². The molecule has 1 N–H and O–H groups in total. The minimum atomic E-state index is -0.865. The van der Waals surface area contributed by atoms with Crippen molar-refractivity contribution in [3.63, 3.8) is 0 Å². The third-order valence-electron chi connectivity index (χ3n) is 2.50. The number of carbonyl (C=O) groups is 2. The average Bonchev–Trinajstić information content (AvgIpc) is 2.29. The van der Waals surface area contributed by atoms with Crippen molar-refractivity contribution in [1.82, 2.24) is 5.32 Å². The molecule has 2 amide bonds. The minimum Gasteiger partial charge on any atom is -0.312 e. The second kappa shape index (κ2) is 4.67. The molecule has 0 bridgehead atoms. The lowest BCUT2D eigenvalue weighted by Gasteiger charge is -2.21. The smallest absolute Gasteiger partial charge is 0.264 e. The van der Waals surface area contributed by atoms with Crippen molar-refractivity contribution >= 4 is 29.3 Å². The van der Waals surface area contributed by atoms with Gasteiger partial charge in [-0.3, -0.25) is 9.59 Å². The highest BCUT2D eigenvalue weighted by Crippen LogP contribution is 2.20. The highest BCUT2D eigenvalue weighted by Gasteiger charge is 2.34. The molecule has 2 unspecified atom stereocenters. The maximum atomic E-state index is 11.8. The maximum Gasteiger partial charge on any atom is 0.264 e. The van der Waals surface area contributed by atoms with Crippen molar-refractivity contribution in [3.8, 4) is 0 Å². The Labute approximate surface area is 104 Å². The van der Waals surface area contributed by atoms with Gasteiger partial charge in [0.2, 0.25) is 5.91 Å². The number of hydrogen-bond acceptors (Lipinski definition) is 2. The van der Waals surface area contributed by atoms with Crippen LogP contribution in [0, 0.1) is 0 Å². The molecule has 0 fully saturated rings. The Balaban J connectivity index is 2.34. The van der Waals surface area contributed by atoms with E-state index in [-0.39, 0.29) is 11.7 Å². The van der Waals surface area contributed by atoms with Crippen LogP contribution >= 0.6 is 11.6 Å². The Bertz CT molecular complexity index is 483. The second-order valence-corrected chi connectivity index (χ2v) is 4.44. The zero-order valence-corrected chi connectivity index (χ0v) is 9.94. The molecule has 0 saturated heterocycles. The summed E-state index contributed by atoms with van der Waals surface area (Å²) in [7, 11) is 0. The highest BCUT2D eigenvalue weighted by molar-refractivity contribution is 6.35. The fraction of sp³-hybridized carbons (Fsp3) is 0.250. The summed E-state index contributed by atoms with van der Waals surface area (Å²) >= 11 is 5.78. The summed E-state index contributed by atoms with van der Waals surface area (Å²) in [4.78, 5) is 27.5. The Morgan fingerprint density at radius 2 is 1.94 bits per heavy atom. The number of hydrogen-bond donors (Lipinski definition) is 1. The number of amidine groups is 1. The average molecular weight is 251 g/mol. The van der Waals surface area contributed by atoms with E-state index in [4.69, 9.17) is 11.6 Å². The van der Waals surface area contributed by atoms with E-state index < -0.39 is 17.2 Å². The predicted molar refractivity (Wildman–Crippen MR) is 65.1 cm³/mol. The zero-order chi connectivity index (χ0) is 12.4. The van der Waals surface area contributed by atoms with Crippen molar-refractivity contribution < 1.29 is 9.59 Å². The summed E-state index contributed by atoms with van der Waals surface area (Å²) in [6.45, 7) is 1.65. The van der Waals surface area contributed by atoms with Crippen LogP contribution in [-0.2, 0) is 9.59 Å². The molecular weight excluding hydrogens is 240 g/mol. The van der Waals surface area contributed by atoms with Gasteiger partial charge in [0.15, 0.2) is 0 Å². The normalized spacial score (nSPS) is 21.8. The molecule has 0 radical (unpaired) electrons. The molecule has 4 nitrogen and oxygen atoms in total. The van der Waals surface area contributed by atoms with Crippen LogP contribution < -0.4 is 5.32 Å². The zero-order valence-electron chi connectivity index (χ0n) is 9.18. The number of nitrogens with one attached hydrogen (secondary N) is 1. The Hall–Kier alpha value is -1.68. The van der Waals surface area contributed by atoms with Gasteiger partial charge in [0.25, 0.3) is 5.91 Å². The molecule has 0 aliphatic carbocycles. The van der Waals surface area contributed by atoms with Crippen LogP contribution in [0.5, 0.6) is 0 Å². The van der Waals surface area contributed by atoms with Gasteiger partial charge < -0.3 is 5.32 Å². The largest absolute Gasteiger partial charge is 0.312 e. The first kappa shape index (κ1) is 11.8. The molecule has 0 saturated carbocycles. The fourth-order valence-corrected chi connectivity index (χ4v) is 1.75. The first-order valence-electron chi connectivity index (χ1n) is 5.22. The Morgan fingerprint density at radius 1 is 1.29 bits per heavy atom. The number of alkyl halides is 1. The standard InChI is InChI=1S/C12H11ClN2O2/c1-7(13)10-14-11(16)9(12(17)15-10)8-5-3-2-4-6-8/h2-7,9H,1H3,(H,14,15,16,17). The molecule has 1 aromatic carbocycles. The van der Waals surface area contributed by atoms with Gasteiger partial charge >= 0.3 is 0 Å². The van der Waals surface area contributed by atoms with E-state index in [1.165, 1.54) is 0 Å². The van der Waals surface area contributed by atoms with Gasteiger partial charge in [0, 0.05) is 0 Å². The summed E-state index contributed by atoms with van der Waals surface area (Å²) in [5.74, 6) is -1.50. The highest BCUT2D eigenvalue weighted by atomic mass is 35.5. The summed E-state index contributed by atoms with van der Waals surface area (Å²) in [6, 6.07) is 8.84. The number of benzene rings is 1. The fourth-order valence-electron chi connectivity index (χ4n) is 1.65. The first-order valence-corrected chi connectivity index (χ1v) is 5.65. The number of halogens is 1. The summed E-state index contributed by atoms with van der Waals surface area (Å²) in [6.07, 6.45) is 0. The van der Waals surface area contributed by atoms with Gasteiger partial charge in [-0.1, -0.05) is 30.3 Å². The number of carbonyl (C=O) groups excluding carboxylic acids is 2. The second-order valence-electron chi connectivity index (χ2n) is 3.78. The van der Waals surface area contributed by atoms with E-state index in [9.17, 15) is 9.59 Å². The van der Waals surface area contributed by atoms with Gasteiger partial charge in [-0.15, -0.1) is 11.6 Å². The molecule has 2 rings (SSSR count). The molecule has 1 heterocycles. The molecule has 88 valence electrons. The number of aliphatic imine (C=N–C) groups is 1. The van der Waals surface area contributed by atoms with Crippen molar-refractivity contribution in [1.29, 1.82) is 0 Å². The summed E-state index contributed by atoms with van der Waals surface area (Å²) in [5.41, 5.74) is 0.639. The molecule has 1 aromatic rings. The molecule has 0 aromatic heterocycles. The maximum absolute atomic E-state index is 11.8. The molecule has 2 atom stereocenters. The van der Waals surface area contributed by atoms with Crippen LogP contribution in [0.4, 0.5) is 0 Å². The van der Waals surface area contributed by atoms with Gasteiger partial charge in [-0.05, 0) is 12.5 Å². The van der Waals surface area contributed by atoms with Crippen LogP contribution in [0.25, 0.3) is 0 Å². The third-order valence-corrected chi connectivity index (χ3v) is 2.71. The van der Waals surface area contributed by atoms with Gasteiger partial charge in [-0.2, -0.15) is 4.99 Å². The van der Waals surface area contributed by atoms with Gasteiger partial charge in [0.1, 0.15) is 11.8 Å². The van der Waals surface area contributed by atoms with Crippen LogP contribution in [-0.4, -0.2) is 23.0 Å². The molecule has 0 spiro atoms. The van der Waals surface area contributed by atoms with Crippen molar-refractivity contribution in [2.45, 2.75) is 18.2 Å². The lowest BCUT2D eigenvalue weighted by molar-refractivity contribution is -0.129. The van der Waals surface area contributed by atoms with Gasteiger partial charge in [-0.25, -0.2) is 0 Å². The van der Waals surface area contributed by atoms with E-state index >= 15 is 0 Å². The third kappa shape index (κ3) is 2.36. The molecule has 17 heavy (non-hydrogen) atoms. The SMILES string of the molecule is CC(Cl)C1=NC(=O)C(c2ccccc2)C(=O)N1. The van der Waals surface area contributed by atoms with E-state index in [0.717, 1.165) is 0 Å². The van der Waals surface area contributed by atoms with E-state index in [2.05, 4.69) is 10.3 Å². The minimum absolute atomic E-state index is 0.217. The topological polar surface area (TPSA) is 58.5 Å². The van der Waals surface area contributed by atoms with E-state index in [0.29, 0.717) is 5.56 Å². The summed E-state index contributed by atoms with van der Waals surface area (Å²) in [5, 5.41) is 2.07. The van der Waals surface area contributed by atoms with Crippen LogP contribution in [0.2, 0.25) is 0 Å². The predicted octanol–water partition coefficient (Wildman–Crippen LogP) is 1.45. The molecule has 1 aliphatic heterocycles. The quantitative estimate of drug-likeness (QED) is 0.638. The number of rotatable bonds is 2. The lowest BCUT2D eigenvalue weighted by Crippen LogP contribution is -2.45. The number of amides is 2. The molecule has 5 heteroatoms.